The zero-order valence-corrected chi connectivity index (χ0v) is 19.6. The van der Waals surface area contributed by atoms with Crippen molar-refractivity contribution >= 4 is 39.3 Å². The summed E-state index contributed by atoms with van der Waals surface area (Å²) in [5, 5.41) is 5.09. The molecule has 4 aromatic rings. The summed E-state index contributed by atoms with van der Waals surface area (Å²) >= 11 is 4.76. The Morgan fingerprint density at radius 3 is 2.62 bits per heavy atom. The summed E-state index contributed by atoms with van der Waals surface area (Å²) in [4.78, 5) is 30.3. The lowest BCUT2D eigenvalue weighted by atomic mass is 10.0. The molecule has 1 unspecified atom stereocenters. The average Bonchev–Trinajstić information content (AvgIpc) is 3.27. The SMILES string of the molecule is CSc1n[n+]2c(c(=O)[nH]1)-c1ccccc1N(C(C)=O)C2c1ccc(-c2ccc(Br)cc2)o1. The molecule has 0 saturated carbocycles. The van der Waals surface area contributed by atoms with Crippen molar-refractivity contribution in [1.82, 2.24) is 10.1 Å². The van der Waals surface area contributed by atoms with Crippen molar-refractivity contribution in [3.05, 3.63) is 81.3 Å². The first-order valence-corrected chi connectivity index (χ1v) is 11.8. The molecule has 7 nitrogen and oxygen atoms in total. The van der Waals surface area contributed by atoms with Crippen molar-refractivity contribution in [2.24, 2.45) is 0 Å². The number of aromatic amines is 1. The van der Waals surface area contributed by atoms with Crippen LogP contribution in [0.4, 0.5) is 5.69 Å². The Hall–Kier alpha value is -3.17. The number of nitrogens with zero attached hydrogens (tertiary/aromatic N) is 3. The van der Waals surface area contributed by atoms with E-state index in [9.17, 15) is 9.59 Å². The first-order valence-electron chi connectivity index (χ1n) is 9.83. The van der Waals surface area contributed by atoms with E-state index in [1.807, 2.05) is 66.9 Å². The highest BCUT2D eigenvalue weighted by Gasteiger charge is 2.46. The molecule has 1 amide bonds. The third-order valence-corrected chi connectivity index (χ3v) is 6.40. The second-order valence-electron chi connectivity index (χ2n) is 7.25. The number of nitrogens with one attached hydrogen (secondary N) is 1. The van der Waals surface area contributed by atoms with E-state index in [0.29, 0.717) is 33.6 Å². The molecule has 5 rings (SSSR count). The number of carbonyl (C=O) groups is 1. The van der Waals surface area contributed by atoms with Gasteiger partial charge in [-0.3, -0.25) is 14.6 Å². The largest absolute Gasteiger partial charge is 0.452 e. The van der Waals surface area contributed by atoms with Crippen molar-refractivity contribution in [3.63, 3.8) is 0 Å². The predicted molar refractivity (Wildman–Crippen MR) is 125 cm³/mol. The number of carbonyl (C=O) groups excluding carboxylic acids is 1. The molecule has 160 valence electrons. The molecule has 1 atom stereocenters. The minimum Gasteiger partial charge on any atom is -0.452 e. The number of furan rings is 1. The molecule has 0 fully saturated rings. The molecule has 1 N–H and O–H groups in total. The van der Waals surface area contributed by atoms with Gasteiger partial charge in [-0.05, 0) is 47.3 Å². The Morgan fingerprint density at radius 2 is 1.91 bits per heavy atom. The fraction of sp³-hybridized carbons (Fsp3) is 0.130. The predicted octanol–water partition coefficient (Wildman–Crippen LogP) is 4.38. The number of fused-ring (bicyclic) bond motifs is 3. The number of thioether (sulfide) groups is 1. The molecule has 0 spiro atoms. The Bertz CT molecular complexity index is 1400. The second-order valence-corrected chi connectivity index (χ2v) is 8.96. The number of para-hydroxylation sites is 1. The molecular formula is C23H18BrN4O3S+. The molecule has 9 heteroatoms. The van der Waals surface area contributed by atoms with Crippen LogP contribution < -0.4 is 15.1 Å². The topological polar surface area (TPSA) is 83.1 Å². The lowest BCUT2D eigenvalue weighted by Crippen LogP contribution is -2.60. The summed E-state index contributed by atoms with van der Waals surface area (Å²) in [6.07, 6.45) is 1.09. The van der Waals surface area contributed by atoms with Gasteiger partial charge in [-0.25, -0.2) is 4.90 Å². The standard InChI is InChI=1S/C23H17BrN4O3S/c1-13(29)27-17-6-4-3-5-16(17)20-21(30)25-23(32-2)26-28(20)22(27)19-12-11-18(31-19)14-7-9-15(24)10-8-14/h3-12,22H,1-2H3/p+1. The third-order valence-electron chi connectivity index (χ3n) is 5.30. The van der Waals surface area contributed by atoms with Crippen molar-refractivity contribution in [2.75, 3.05) is 11.2 Å². The quantitative estimate of drug-likeness (QED) is 0.327. The summed E-state index contributed by atoms with van der Waals surface area (Å²) in [6.45, 7) is 1.50. The van der Waals surface area contributed by atoms with Gasteiger partial charge in [0.2, 0.25) is 11.1 Å². The Labute approximate surface area is 196 Å². The molecule has 32 heavy (non-hydrogen) atoms. The third kappa shape index (κ3) is 3.37. The van der Waals surface area contributed by atoms with Crippen LogP contribution in [0.25, 0.3) is 22.6 Å². The first kappa shape index (κ1) is 20.7. The summed E-state index contributed by atoms with van der Waals surface area (Å²) in [6, 6.07) is 18.8. The van der Waals surface area contributed by atoms with E-state index in [0.717, 1.165) is 10.0 Å². The Kier molecular flexibility index (Phi) is 5.22. The van der Waals surface area contributed by atoms with E-state index in [4.69, 9.17) is 4.42 Å². The molecule has 0 radical (unpaired) electrons. The van der Waals surface area contributed by atoms with Gasteiger partial charge in [0.25, 0.3) is 0 Å². The number of hydrogen-bond acceptors (Lipinski definition) is 5. The van der Waals surface area contributed by atoms with Gasteiger partial charge >= 0.3 is 17.4 Å². The lowest BCUT2D eigenvalue weighted by Gasteiger charge is -2.29. The molecule has 2 aromatic heterocycles. The summed E-state index contributed by atoms with van der Waals surface area (Å²) in [5.41, 5.74) is 2.28. The van der Waals surface area contributed by atoms with Crippen LogP contribution >= 0.6 is 27.7 Å². The van der Waals surface area contributed by atoms with Crippen molar-refractivity contribution < 1.29 is 13.9 Å². The van der Waals surface area contributed by atoms with E-state index in [1.165, 1.54) is 18.7 Å². The van der Waals surface area contributed by atoms with Crippen molar-refractivity contribution in [3.8, 4) is 22.6 Å². The van der Waals surface area contributed by atoms with Gasteiger partial charge in [0.1, 0.15) is 5.76 Å². The lowest BCUT2D eigenvalue weighted by molar-refractivity contribution is -0.764. The maximum absolute atomic E-state index is 13.1. The van der Waals surface area contributed by atoms with E-state index >= 15 is 0 Å². The highest BCUT2D eigenvalue weighted by molar-refractivity contribution is 9.10. The molecule has 0 bridgehead atoms. The maximum atomic E-state index is 13.1. The van der Waals surface area contributed by atoms with Crippen LogP contribution in [0.2, 0.25) is 0 Å². The summed E-state index contributed by atoms with van der Waals surface area (Å²) in [7, 11) is 0. The fourth-order valence-electron chi connectivity index (χ4n) is 3.92. The second kappa shape index (κ2) is 8.07. The number of hydrogen-bond donors (Lipinski definition) is 1. The Morgan fingerprint density at radius 1 is 1.16 bits per heavy atom. The van der Waals surface area contributed by atoms with E-state index < -0.39 is 6.17 Å². The van der Waals surface area contributed by atoms with Crippen LogP contribution in [0.5, 0.6) is 0 Å². The van der Waals surface area contributed by atoms with Crippen LogP contribution in [0, 0.1) is 0 Å². The van der Waals surface area contributed by atoms with Crippen molar-refractivity contribution in [1.29, 1.82) is 0 Å². The minimum atomic E-state index is -0.741. The molecule has 3 heterocycles. The molecule has 1 aliphatic rings. The van der Waals surface area contributed by atoms with Crippen LogP contribution in [0.3, 0.4) is 0 Å². The number of H-pyrrole nitrogens is 1. The summed E-state index contributed by atoms with van der Waals surface area (Å²) < 4.78 is 8.78. The Balaban J connectivity index is 1.74. The highest BCUT2D eigenvalue weighted by atomic mass is 79.9. The molecule has 2 aromatic carbocycles. The number of benzene rings is 2. The monoisotopic (exact) mass is 509 g/mol. The first-order chi connectivity index (χ1) is 15.5. The van der Waals surface area contributed by atoms with Gasteiger partial charge in [0, 0.05) is 22.1 Å². The van der Waals surface area contributed by atoms with Gasteiger partial charge < -0.3 is 4.42 Å². The van der Waals surface area contributed by atoms with Crippen LogP contribution in [0.15, 0.2) is 79.5 Å². The fourth-order valence-corrected chi connectivity index (χ4v) is 4.55. The van der Waals surface area contributed by atoms with E-state index in [2.05, 4.69) is 26.0 Å². The number of amides is 1. The van der Waals surface area contributed by atoms with E-state index in [1.54, 1.807) is 9.58 Å². The molecule has 1 aliphatic heterocycles. The maximum Gasteiger partial charge on any atom is 0.325 e. The van der Waals surface area contributed by atoms with Crippen molar-refractivity contribution in [2.45, 2.75) is 18.2 Å². The summed E-state index contributed by atoms with van der Waals surface area (Å²) in [5.74, 6) is 0.978. The van der Waals surface area contributed by atoms with Gasteiger partial charge in [0.05, 0.1) is 11.3 Å². The molecule has 0 saturated heterocycles. The minimum absolute atomic E-state index is 0.185. The molecule has 0 aliphatic carbocycles. The normalized spacial score (nSPS) is 14.7. The van der Waals surface area contributed by atoms with Gasteiger partial charge in [0.15, 0.2) is 5.76 Å². The smallest absolute Gasteiger partial charge is 0.325 e. The zero-order valence-electron chi connectivity index (χ0n) is 17.2. The number of anilines is 1. The highest BCUT2D eigenvalue weighted by Crippen LogP contribution is 2.38. The van der Waals surface area contributed by atoms with Gasteiger partial charge in [-0.15, -0.1) is 0 Å². The van der Waals surface area contributed by atoms with E-state index in [-0.39, 0.29) is 11.5 Å². The number of aromatic nitrogens is 3. The average molecular weight is 510 g/mol. The molecular weight excluding hydrogens is 492 g/mol. The van der Waals surface area contributed by atoms with Crippen LogP contribution in [-0.2, 0) is 4.79 Å². The number of halogens is 1. The number of rotatable bonds is 3. The van der Waals surface area contributed by atoms with Gasteiger partial charge in [-0.2, -0.15) is 0 Å². The van der Waals surface area contributed by atoms with Crippen LogP contribution in [-0.4, -0.2) is 22.2 Å². The zero-order chi connectivity index (χ0) is 22.4. The van der Waals surface area contributed by atoms with Gasteiger partial charge in [-0.1, -0.05) is 52.0 Å². The van der Waals surface area contributed by atoms with Crippen LogP contribution in [0.1, 0.15) is 18.8 Å².